The van der Waals surface area contributed by atoms with Crippen LogP contribution >= 0.6 is 11.8 Å². The Morgan fingerprint density at radius 3 is 3.12 bits per heavy atom. The minimum atomic E-state index is -0.110. The van der Waals surface area contributed by atoms with Gasteiger partial charge in [0, 0.05) is 31.1 Å². The van der Waals surface area contributed by atoms with Crippen LogP contribution in [0, 0.1) is 18.3 Å². The summed E-state index contributed by atoms with van der Waals surface area (Å²) in [6, 6.07) is 0. The standard InChI is InChI=1S/C12H17NO2S/c1-2-3-4-8-16-11(14)9-10-6-5-7-13-12(10)15/h1,10H,3-9H2,(H,13,15). The van der Waals surface area contributed by atoms with Gasteiger partial charge >= 0.3 is 0 Å². The quantitative estimate of drug-likeness (QED) is 0.585. The Balaban J connectivity index is 2.18. The van der Waals surface area contributed by atoms with Gasteiger partial charge in [-0.1, -0.05) is 11.8 Å². The number of amides is 1. The molecule has 1 N–H and O–H groups in total. The first-order valence-corrected chi connectivity index (χ1v) is 6.59. The maximum atomic E-state index is 11.6. The highest BCUT2D eigenvalue weighted by atomic mass is 32.2. The van der Waals surface area contributed by atoms with Crippen molar-refractivity contribution in [1.29, 1.82) is 0 Å². The lowest BCUT2D eigenvalue weighted by molar-refractivity contribution is -0.128. The van der Waals surface area contributed by atoms with E-state index in [-0.39, 0.29) is 16.9 Å². The molecule has 1 atom stereocenters. The van der Waals surface area contributed by atoms with Crippen molar-refractivity contribution in [3.8, 4) is 12.3 Å². The summed E-state index contributed by atoms with van der Waals surface area (Å²) in [5, 5.41) is 2.90. The van der Waals surface area contributed by atoms with Gasteiger partial charge in [-0.15, -0.1) is 12.3 Å². The number of hydrogen-bond donors (Lipinski definition) is 1. The van der Waals surface area contributed by atoms with Gasteiger partial charge in [-0.2, -0.15) is 0 Å². The summed E-state index contributed by atoms with van der Waals surface area (Å²) in [4.78, 5) is 23.0. The van der Waals surface area contributed by atoms with Crippen LogP contribution in [0.2, 0.25) is 0 Å². The van der Waals surface area contributed by atoms with Crippen molar-refractivity contribution >= 4 is 22.8 Å². The monoisotopic (exact) mass is 239 g/mol. The van der Waals surface area contributed by atoms with E-state index >= 15 is 0 Å². The number of thioether (sulfide) groups is 1. The van der Waals surface area contributed by atoms with E-state index in [2.05, 4.69) is 11.2 Å². The Morgan fingerprint density at radius 2 is 2.44 bits per heavy atom. The summed E-state index contributed by atoms with van der Waals surface area (Å²) in [6.45, 7) is 0.749. The first-order valence-electron chi connectivity index (χ1n) is 5.61. The van der Waals surface area contributed by atoms with E-state index in [0.29, 0.717) is 12.8 Å². The fourth-order valence-electron chi connectivity index (χ4n) is 1.65. The molecule has 0 bridgehead atoms. The average Bonchev–Trinajstić information content (AvgIpc) is 2.28. The van der Waals surface area contributed by atoms with Gasteiger partial charge in [0.1, 0.15) is 0 Å². The van der Waals surface area contributed by atoms with Crippen LogP contribution in [0.15, 0.2) is 0 Å². The molecule has 0 radical (unpaired) electrons. The minimum Gasteiger partial charge on any atom is -0.356 e. The summed E-state index contributed by atoms with van der Waals surface area (Å²) >= 11 is 1.30. The maximum Gasteiger partial charge on any atom is 0.223 e. The third-order valence-electron chi connectivity index (χ3n) is 2.54. The van der Waals surface area contributed by atoms with Gasteiger partial charge < -0.3 is 5.32 Å². The molecule has 88 valence electrons. The fourth-order valence-corrected chi connectivity index (χ4v) is 2.49. The number of piperidine rings is 1. The average molecular weight is 239 g/mol. The Bertz CT molecular complexity index is 296. The smallest absolute Gasteiger partial charge is 0.223 e. The zero-order valence-electron chi connectivity index (χ0n) is 9.33. The molecule has 1 fully saturated rings. The van der Waals surface area contributed by atoms with Crippen LogP contribution in [-0.4, -0.2) is 23.3 Å². The molecule has 0 spiro atoms. The van der Waals surface area contributed by atoms with Crippen molar-refractivity contribution in [1.82, 2.24) is 5.32 Å². The van der Waals surface area contributed by atoms with E-state index in [1.807, 2.05) is 0 Å². The number of nitrogens with one attached hydrogen (secondary N) is 1. The molecule has 0 aromatic carbocycles. The van der Waals surface area contributed by atoms with Gasteiger partial charge in [-0.25, -0.2) is 0 Å². The van der Waals surface area contributed by atoms with Crippen LogP contribution < -0.4 is 5.32 Å². The minimum absolute atomic E-state index is 0.0313. The van der Waals surface area contributed by atoms with Crippen LogP contribution in [0.4, 0.5) is 0 Å². The summed E-state index contributed by atoms with van der Waals surface area (Å²) in [7, 11) is 0. The van der Waals surface area contributed by atoms with Crippen LogP contribution in [0.5, 0.6) is 0 Å². The molecule has 1 aliphatic heterocycles. The van der Waals surface area contributed by atoms with Gasteiger partial charge in [0.05, 0.1) is 0 Å². The lowest BCUT2D eigenvalue weighted by Crippen LogP contribution is -2.37. The fraction of sp³-hybridized carbons (Fsp3) is 0.667. The lowest BCUT2D eigenvalue weighted by atomic mass is 9.96. The SMILES string of the molecule is C#CCCCSC(=O)CC1CCCNC1=O. The van der Waals surface area contributed by atoms with Crippen LogP contribution in [0.25, 0.3) is 0 Å². The molecule has 1 aliphatic rings. The molecule has 1 amide bonds. The second kappa shape index (κ2) is 7.34. The van der Waals surface area contributed by atoms with Crippen molar-refractivity contribution in [3.05, 3.63) is 0 Å². The normalized spacial score (nSPS) is 19.9. The Hall–Kier alpha value is -0.950. The highest BCUT2D eigenvalue weighted by molar-refractivity contribution is 8.13. The summed E-state index contributed by atoms with van der Waals surface area (Å²) in [6.07, 6.45) is 8.87. The van der Waals surface area contributed by atoms with Gasteiger partial charge in [0.2, 0.25) is 5.91 Å². The molecule has 0 saturated carbocycles. The Kier molecular flexibility index (Phi) is 6.02. The summed E-state index contributed by atoms with van der Waals surface area (Å²) < 4.78 is 0. The van der Waals surface area contributed by atoms with E-state index < -0.39 is 0 Å². The number of terminal acetylenes is 1. The highest BCUT2D eigenvalue weighted by Crippen LogP contribution is 2.19. The number of carbonyl (C=O) groups is 2. The molecule has 4 heteroatoms. The van der Waals surface area contributed by atoms with Gasteiger partial charge in [-0.05, 0) is 19.3 Å². The van der Waals surface area contributed by atoms with Crippen molar-refractivity contribution in [2.24, 2.45) is 5.92 Å². The highest BCUT2D eigenvalue weighted by Gasteiger charge is 2.24. The van der Waals surface area contributed by atoms with Crippen LogP contribution in [0.3, 0.4) is 0 Å². The predicted molar refractivity (Wildman–Crippen MR) is 65.9 cm³/mol. The molecule has 3 nitrogen and oxygen atoms in total. The topological polar surface area (TPSA) is 46.2 Å². The lowest BCUT2D eigenvalue weighted by Gasteiger charge is -2.20. The molecular formula is C12H17NO2S. The molecule has 1 unspecified atom stereocenters. The van der Waals surface area contributed by atoms with E-state index in [1.165, 1.54) is 11.8 Å². The summed E-state index contributed by atoms with van der Waals surface area (Å²) in [5.41, 5.74) is 0. The predicted octanol–water partition coefficient (Wildman–Crippen LogP) is 1.58. The Morgan fingerprint density at radius 1 is 1.62 bits per heavy atom. The molecular weight excluding hydrogens is 222 g/mol. The van der Waals surface area contributed by atoms with Gasteiger partial charge in [0.25, 0.3) is 0 Å². The first kappa shape index (κ1) is 13.1. The third-order valence-corrected chi connectivity index (χ3v) is 3.52. The van der Waals surface area contributed by atoms with Gasteiger partial charge in [0.15, 0.2) is 5.12 Å². The van der Waals surface area contributed by atoms with E-state index in [0.717, 1.165) is 31.6 Å². The first-order chi connectivity index (χ1) is 7.74. The number of carbonyl (C=O) groups excluding carboxylic acids is 2. The number of hydrogen-bond acceptors (Lipinski definition) is 3. The molecule has 16 heavy (non-hydrogen) atoms. The molecule has 1 saturated heterocycles. The van der Waals surface area contributed by atoms with E-state index in [1.54, 1.807) is 0 Å². The van der Waals surface area contributed by atoms with E-state index in [4.69, 9.17) is 6.42 Å². The van der Waals surface area contributed by atoms with Crippen molar-refractivity contribution in [2.45, 2.75) is 32.1 Å². The molecule has 0 aromatic rings. The largest absolute Gasteiger partial charge is 0.356 e. The van der Waals surface area contributed by atoms with Crippen molar-refractivity contribution < 1.29 is 9.59 Å². The van der Waals surface area contributed by atoms with Crippen molar-refractivity contribution in [3.63, 3.8) is 0 Å². The third kappa shape index (κ3) is 4.71. The molecule has 0 aromatic heterocycles. The van der Waals surface area contributed by atoms with Crippen LogP contribution in [0.1, 0.15) is 32.1 Å². The van der Waals surface area contributed by atoms with Crippen LogP contribution in [-0.2, 0) is 9.59 Å². The van der Waals surface area contributed by atoms with Crippen molar-refractivity contribution in [2.75, 3.05) is 12.3 Å². The molecule has 1 rings (SSSR count). The van der Waals surface area contributed by atoms with E-state index in [9.17, 15) is 9.59 Å². The number of unbranched alkanes of at least 4 members (excludes halogenated alkanes) is 1. The summed E-state index contributed by atoms with van der Waals surface area (Å²) in [5.74, 6) is 3.22. The number of rotatable bonds is 5. The van der Waals surface area contributed by atoms with Gasteiger partial charge in [-0.3, -0.25) is 9.59 Å². The molecule has 1 heterocycles. The Labute approximate surface area is 101 Å². The second-order valence-corrected chi connectivity index (χ2v) is 5.01. The zero-order chi connectivity index (χ0) is 11.8. The second-order valence-electron chi connectivity index (χ2n) is 3.86. The molecule has 0 aliphatic carbocycles. The maximum absolute atomic E-state index is 11.6. The zero-order valence-corrected chi connectivity index (χ0v) is 10.1.